The van der Waals surface area contributed by atoms with Crippen LogP contribution in [0.25, 0.3) is 0 Å². The second-order valence-corrected chi connectivity index (χ2v) is 8.42. The van der Waals surface area contributed by atoms with Gasteiger partial charge in [0.1, 0.15) is 17.3 Å². The number of amidine groups is 1. The third-order valence-electron chi connectivity index (χ3n) is 5.97. The van der Waals surface area contributed by atoms with Gasteiger partial charge in [-0.1, -0.05) is 18.2 Å². The molecule has 1 amide bonds. The lowest BCUT2D eigenvalue weighted by molar-refractivity contribution is -0.119. The minimum Gasteiger partial charge on any atom is -0.382 e. The number of halogens is 1. The van der Waals surface area contributed by atoms with Gasteiger partial charge in [-0.15, -0.1) is 0 Å². The number of aromatic nitrogens is 1. The monoisotopic (exact) mass is 409 g/mol. The zero-order valence-corrected chi connectivity index (χ0v) is 17.0. The molecular formula is C23H28FN5O. The van der Waals surface area contributed by atoms with Crippen molar-refractivity contribution in [1.29, 1.82) is 0 Å². The summed E-state index contributed by atoms with van der Waals surface area (Å²) >= 11 is 0. The topological polar surface area (TPSA) is 106 Å². The first-order valence-electron chi connectivity index (χ1n) is 10.5. The molecule has 0 spiro atoms. The third-order valence-corrected chi connectivity index (χ3v) is 5.97. The quantitative estimate of drug-likeness (QED) is 0.482. The lowest BCUT2D eigenvalue weighted by Gasteiger charge is -2.33. The predicted octanol–water partition coefficient (Wildman–Crippen LogP) is 2.39. The molecule has 1 aliphatic carbocycles. The van der Waals surface area contributed by atoms with E-state index >= 15 is 0 Å². The molecule has 0 radical (unpaired) electrons. The van der Waals surface area contributed by atoms with Gasteiger partial charge in [0.2, 0.25) is 5.91 Å². The van der Waals surface area contributed by atoms with Crippen molar-refractivity contribution in [3.05, 3.63) is 64.7 Å². The highest BCUT2D eigenvalue weighted by atomic mass is 19.1. The Hall–Kier alpha value is -2.80. The van der Waals surface area contributed by atoms with E-state index in [1.165, 1.54) is 17.7 Å². The van der Waals surface area contributed by atoms with E-state index in [9.17, 15) is 9.18 Å². The number of nitrogens with two attached hydrogens (primary N) is 2. The Morgan fingerprint density at radius 3 is 2.47 bits per heavy atom. The number of nitrogens with one attached hydrogen (secondary N) is 1. The molecule has 2 heterocycles. The van der Waals surface area contributed by atoms with Crippen LogP contribution in [0.2, 0.25) is 0 Å². The fourth-order valence-electron chi connectivity index (χ4n) is 4.22. The molecule has 6 nitrogen and oxygen atoms in total. The minimum absolute atomic E-state index is 0.179. The van der Waals surface area contributed by atoms with Crippen LogP contribution in [0.4, 0.5) is 4.39 Å². The SMILES string of the molecule is NC(=O)CC1(N=C(N)c2ccc(C3CC3)c(Cc3ccc(F)cc3)n2)CCNCC1. The maximum Gasteiger partial charge on any atom is 0.219 e. The van der Waals surface area contributed by atoms with Gasteiger partial charge >= 0.3 is 0 Å². The molecule has 0 bridgehead atoms. The molecule has 1 aromatic carbocycles. The first-order valence-corrected chi connectivity index (χ1v) is 10.5. The van der Waals surface area contributed by atoms with Crippen LogP contribution in [0, 0.1) is 5.82 Å². The number of carbonyl (C=O) groups is 1. The van der Waals surface area contributed by atoms with Gasteiger partial charge in [0.25, 0.3) is 0 Å². The first-order chi connectivity index (χ1) is 14.4. The molecule has 2 fully saturated rings. The fourth-order valence-corrected chi connectivity index (χ4v) is 4.22. The molecule has 2 aliphatic rings. The molecule has 2 aromatic rings. The van der Waals surface area contributed by atoms with Gasteiger partial charge in [-0.3, -0.25) is 9.79 Å². The number of carbonyl (C=O) groups excluding carboxylic acids is 1. The number of primary amides is 1. The number of hydrogen-bond acceptors (Lipinski definition) is 4. The second-order valence-electron chi connectivity index (χ2n) is 8.42. The van der Waals surface area contributed by atoms with Crippen LogP contribution in [0.5, 0.6) is 0 Å². The maximum absolute atomic E-state index is 13.3. The van der Waals surface area contributed by atoms with Gasteiger partial charge in [0.15, 0.2) is 0 Å². The van der Waals surface area contributed by atoms with Crippen molar-refractivity contribution in [3.63, 3.8) is 0 Å². The minimum atomic E-state index is -0.574. The Balaban J connectivity index is 1.65. The van der Waals surface area contributed by atoms with Crippen molar-refractivity contribution in [3.8, 4) is 0 Å². The average molecular weight is 410 g/mol. The van der Waals surface area contributed by atoms with Gasteiger partial charge in [0, 0.05) is 12.1 Å². The number of hydrogen-bond donors (Lipinski definition) is 3. The fraction of sp³-hybridized carbons (Fsp3) is 0.435. The number of rotatable bonds is 7. The van der Waals surface area contributed by atoms with Crippen molar-refractivity contribution in [2.24, 2.45) is 16.5 Å². The molecule has 1 saturated carbocycles. The van der Waals surface area contributed by atoms with E-state index in [4.69, 9.17) is 21.4 Å². The smallest absolute Gasteiger partial charge is 0.219 e. The van der Waals surface area contributed by atoms with E-state index in [2.05, 4.69) is 11.4 Å². The lowest BCUT2D eigenvalue weighted by atomic mass is 9.85. The van der Waals surface area contributed by atoms with Crippen LogP contribution in [0.3, 0.4) is 0 Å². The van der Waals surface area contributed by atoms with Crippen LogP contribution in [0.1, 0.15) is 60.5 Å². The predicted molar refractivity (Wildman–Crippen MR) is 115 cm³/mol. The molecule has 5 N–H and O–H groups in total. The zero-order chi connectivity index (χ0) is 21.1. The molecule has 0 unspecified atom stereocenters. The summed E-state index contributed by atoms with van der Waals surface area (Å²) in [7, 11) is 0. The Bertz CT molecular complexity index is 947. The number of nitrogens with zero attached hydrogens (tertiary/aromatic N) is 2. The number of pyridine rings is 1. The molecule has 0 atom stereocenters. The van der Waals surface area contributed by atoms with E-state index in [0.29, 0.717) is 36.7 Å². The van der Waals surface area contributed by atoms with Crippen LogP contribution in [0.15, 0.2) is 41.4 Å². The summed E-state index contributed by atoms with van der Waals surface area (Å²) in [4.78, 5) is 21.3. The van der Waals surface area contributed by atoms with Crippen molar-refractivity contribution in [2.75, 3.05) is 13.1 Å². The summed E-state index contributed by atoms with van der Waals surface area (Å²) in [6.45, 7) is 1.54. The molecule has 4 rings (SSSR count). The maximum atomic E-state index is 13.3. The van der Waals surface area contributed by atoms with Crippen LogP contribution in [-0.2, 0) is 11.2 Å². The summed E-state index contributed by atoms with van der Waals surface area (Å²) in [6.07, 6.45) is 4.53. The normalized spacial score (nSPS) is 18.9. The summed E-state index contributed by atoms with van der Waals surface area (Å²) in [5, 5.41) is 3.29. The Morgan fingerprint density at radius 1 is 1.13 bits per heavy atom. The number of benzene rings is 1. The van der Waals surface area contributed by atoms with E-state index in [-0.39, 0.29) is 18.1 Å². The molecule has 1 aliphatic heterocycles. The summed E-state index contributed by atoms with van der Waals surface area (Å²) in [5.74, 6) is 0.245. The number of aliphatic imine (C=N–C) groups is 1. The number of piperidine rings is 1. The molecule has 158 valence electrons. The zero-order valence-electron chi connectivity index (χ0n) is 17.0. The molecular weight excluding hydrogens is 381 g/mol. The van der Waals surface area contributed by atoms with Crippen molar-refractivity contribution >= 4 is 11.7 Å². The highest BCUT2D eigenvalue weighted by molar-refractivity contribution is 5.96. The Labute approximate surface area is 176 Å². The molecule has 1 saturated heterocycles. The second kappa shape index (κ2) is 8.52. The van der Waals surface area contributed by atoms with Gasteiger partial charge in [-0.05, 0) is 74.0 Å². The standard InChI is InChI=1S/C23H28FN5O/c24-17-5-1-15(2-6-17)13-20-18(16-3-4-16)7-8-19(28-20)22(26)29-23(14-21(25)30)9-11-27-12-10-23/h1-2,5-8,16,27H,3-4,9-14H2,(H2,25,30)(H2,26,29). The van der Waals surface area contributed by atoms with E-state index in [1.54, 1.807) is 12.1 Å². The van der Waals surface area contributed by atoms with Crippen molar-refractivity contribution < 1.29 is 9.18 Å². The highest BCUT2D eigenvalue weighted by Gasteiger charge is 2.34. The van der Waals surface area contributed by atoms with Crippen molar-refractivity contribution in [1.82, 2.24) is 10.3 Å². The first kappa shape index (κ1) is 20.5. The van der Waals surface area contributed by atoms with E-state index in [1.807, 2.05) is 6.07 Å². The Kier molecular flexibility index (Phi) is 5.81. The van der Waals surface area contributed by atoms with E-state index < -0.39 is 5.54 Å². The third kappa shape index (κ3) is 4.84. The van der Waals surface area contributed by atoms with Gasteiger partial charge in [-0.2, -0.15) is 0 Å². The largest absolute Gasteiger partial charge is 0.382 e. The van der Waals surface area contributed by atoms with Crippen LogP contribution in [-0.4, -0.2) is 35.4 Å². The van der Waals surface area contributed by atoms with Crippen LogP contribution < -0.4 is 16.8 Å². The van der Waals surface area contributed by atoms with Gasteiger partial charge < -0.3 is 16.8 Å². The highest BCUT2D eigenvalue weighted by Crippen LogP contribution is 2.41. The average Bonchev–Trinajstić information content (AvgIpc) is 3.55. The molecule has 1 aromatic heterocycles. The summed E-state index contributed by atoms with van der Waals surface area (Å²) < 4.78 is 13.3. The summed E-state index contributed by atoms with van der Waals surface area (Å²) in [5.41, 5.74) is 15.1. The molecule has 7 heteroatoms. The number of amides is 1. The molecule has 30 heavy (non-hydrogen) atoms. The summed E-state index contributed by atoms with van der Waals surface area (Å²) in [6, 6.07) is 10.5. The Morgan fingerprint density at radius 2 is 1.83 bits per heavy atom. The van der Waals surface area contributed by atoms with Crippen molar-refractivity contribution in [2.45, 2.75) is 50.0 Å². The van der Waals surface area contributed by atoms with Crippen LogP contribution >= 0.6 is 0 Å². The lowest BCUT2D eigenvalue weighted by Crippen LogP contribution is -2.44. The van der Waals surface area contributed by atoms with Gasteiger partial charge in [-0.25, -0.2) is 9.37 Å². The van der Waals surface area contributed by atoms with Gasteiger partial charge in [0.05, 0.1) is 12.0 Å². The van der Waals surface area contributed by atoms with E-state index in [0.717, 1.165) is 37.2 Å².